The van der Waals surface area contributed by atoms with E-state index in [4.69, 9.17) is 0 Å². The van der Waals surface area contributed by atoms with E-state index >= 15 is 0 Å². The number of carboxylic acid groups (broad SMARTS) is 2. The number of aromatic amines is 4. The van der Waals surface area contributed by atoms with Gasteiger partial charge in [-0.15, -0.1) is 0 Å². The Hall–Kier alpha value is -4.54. The summed E-state index contributed by atoms with van der Waals surface area (Å²) >= 11 is 0. The van der Waals surface area contributed by atoms with Gasteiger partial charge in [-0.2, -0.15) is 0 Å². The van der Waals surface area contributed by atoms with Gasteiger partial charge in [-0.05, 0) is 112 Å². The summed E-state index contributed by atoms with van der Waals surface area (Å²) in [6.07, 6.45) is 6.78. The van der Waals surface area contributed by atoms with Gasteiger partial charge in [-0.1, -0.05) is 0 Å². The van der Waals surface area contributed by atoms with Gasteiger partial charge in [0.15, 0.2) is 0 Å². The molecule has 2 unspecified atom stereocenters. The second-order valence-electron chi connectivity index (χ2n) is 11.8. The molecule has 0 spiro atoms. The van der Waals surface area contributed by atoms with Crippen LogP contribution in [-0.2, 0) is 22.4 Å². The number of carbonyl (C=O) groups is 2. The van der Waals surface area contributed by atoms with Crippen molar-refractivity contribution < 1.29 is 30.0 Å². The Labute approximate surface area is 254 Å². The molecular weight excluding hydrogens is 560 g/mol. The lowest BCUT2D eigenvalue weighted by Crippen LogP contribution is -2.14. The molecule has 2 atom stereocenters. The molecule has 1 aliphatic rings. The van der Waals surface area contributed by atoms with Crippen LogP contribution in [0.15, 0.2) is 0 Å². The molecule has 4 aromatic heterocycles. The van der Waals surface area contributed by atoms with Gasteiger partial charge in [0, 0.05) is 68.1 Å². The Morgan fingerprint density at radius 1 is 0.568 bits per heavy atom. The first-order valence-electron chi connectivity index (χ1n) is 14.8. The monoisotopic (exact) mass is 600 g/mol. The minimum Gasteiger partial charge on any atom is -0.481 e. The largest absolute Gasteiger partial charge is 0.481 e. The zero-order valence-corrected chi connectivity index (χ0v) is 25.9. The number of hydrogen-bond donors (Lipinski definition) is 8. The second-order valence-corrected chi connectivity index (χ2v) is 11.8. The summed E-state index contributed by atoms with van der Waals surface area (Å²) in [5.41, 5.74) is 9.79. The lowest BCUT2D eigenvalue weighted by molar-refractivity contribution is -0.138. The molecule has 0 radical (unpaired) electrons. The van der Waals surface area contributed by atoms with Crippen molar-refractivity contribution in [2.45, 2.75) is 79.4 Å². The highest BCUT2D eigenvalue weighted by Gasteiger charge is 2.20. The van der Waals surface area contributed by atoms with Crippen LogP contribution in [0, 0.1) is 27.7 Å². The second kappa shape index (κ2) is 11.9. The number of aliphatic hydroxyl groups is 2. The minimum absolute atomic E-state index is 0.0448. The highest BCUT2D eigenvalue weighted by atomic mass is 16.4. The molecule has 44 heavy (non-hydrogen) atoms. The number of hydrogen-bond acceptors (Lipinski definition) is 4. The van der Waals surface area contributed by atoms with Gasteiger partial charge >= 0.3 is 11.9 Å². The zero-order valence-electron chi connectivity index (χ0n) is 25.9. The summed E-state index contributed by atoms with van der Waals surface area (Å²) in [6.45, 7) is 11.2. The SMILES string of the molecule is Cc1c2[nH]c(c1CCC(=O)O)/C=c1\[nH]/c(c(C)c1CCC(=O)O)=C\c1[nH]c(c(C)c1C(C)O)/C=c1\[nH]/c(c(C)c1C(C)O)=C\2. The van der Waals surface area contributed by atoms with Gasteiger partial charge in [-0.25, -0.2) is 0 Å². The topological polar surface area (TPSA) is 178 Å². The van der Waals surface area contributed by atoms with Gasteiger partial charge in [-0.3, -0.25) is 9.59 Å². The summed E-state index contributed by atoms with van der Waals surface area (Å²) in [4.78, 5) is 37.1. The average molecular weight is 601 g/mol. The summed E-state index contributed by atoms with van der Waals surface area (Å²) in [6, 6.07) is 0. The lowest BCUT2D eigenvalue weighted by atomic mass is 10.0. The number of nitrogens with one attached hydrogen (secondary N) is 4. The zero-order chi connectivity index (χ0) is 32.0. The van der Waals surface area contributed by atoms with Crippen molar-refractivity contribution in [3.05, 3.63) is 88.7 Å². The molecule has 232 valence electrons. The fourth-order valence-corrected chi connectivity index (χ4v) is 6.48. The van der Waals surface area contributed by atoms with Crippen molar-refractivity contribution in [2.24, 2.45) is 0 Å². The number of rotatable bonds is 8. The normalized spacial score (nSPS) is 16.9. The Bertz CT molecular complexity index is 2030. The van der Waals surface area contributed by atoms with Crippen LogP contribution in [0.1, 0.15) is 106 Å². The maximum absolute atomic E-state index is 11.6. The number of carboxylic acids is 2. The van der Waals surface area contributed by atoms with Gasteiger partial charge in [0.05, 0.1) is 12.2 Å². The van der Waals surface area contributed by atoms with Crippen molar-refractivity contribution in [3.63, 3.8) is 0 Å². The summed E-state index contributed by atoms with van der Waals surface area (Å²) < 4.78 is 0. The molecule has 0 amide bonds. The first-order valence-corrected chi connectivity index (χ1v) is 14.8. The van der Waals surface area contributed by atoms with Crippen LogP contribution in [0.25, 0.3) is 24.3 Å². The molecule has 0 aromatic carbocycles. The molecule has 4 aromatic rings. The van der Waals surface area contributed by atoms with E-state index in [2.05, 4.69) is 19.9 Å². The van der Waals surface area contributed by atoms with Crippen LogP contribution in [-0.4, -0.2) is 52.3 Å². The van der Waals surface area contributed by atoms with Crippen molar-refractivity contribution >= 4 is 36.2 Å². The third-order valence-electron chi connectivity index (χ3n) is 8.81. The fourth-order valence-electron chi connectivity index (χ4n) is 6.48. The van der Waals surface area contributed by atoms with E-state index < -0.39 is 24.1 Å². The molecule has 0 fully saturated rings. The Balaban J connectivity index is 1.93. The molecule has 1 aliphatic heterocycles. The van der Waals surface area contributed by atoms with Gasteiger partial charge in [0.25, 0.3) is 0 Å². The Morgan fingerprint density at radius 3 is 1.66 bits per heavy atom. The highest BCUT2D eigenvalue weighted by molar-refractivity contribution is 5.70. The van der Waals surface area contributed by atoms with Crippen LogP contribution < -0.4 is 21.4 Å². The van der Waals surface area contributed by atoms with E-state index in [9.17, 15) is 30.0 Å². The first kappa shape index (κ1) is 30.9. The predicted molar refractivity (Wildman–Crippen MR) is 168 cm³/mol. The molecule has 10 nitrogen and oxygen atoms in total. The Morgan fingerprint density at radius 2 is 1.05 bits per heavy atom. The first-order chi connectivity index (χ1) is 20.8. The predicted octanol–water partition coefficient (Wildman–Crippen LogP) is 2.00. The number of aromatic nitrogens is 4. The Kier molecular flexibility index (Phi) is 8.33. The van der Waals surface area contributed by atoms with Crippen LogP contribution in [0.3, 0.4) is 0 Å². The van der Waals surface area contributed by atoms with E-state index in [0.29, 0.717) is 18.5 Å². The maximum atomic E-state index is 11.6. The molecule has 8 N–H and O–H groups in total. The fraction of sp³-hybridized carbons (Fsp3) is 0.353. The lowest BCUT2D eigenvalue weighted by Gasteiger charge is -2.05. The van der Waals surface area contributed by atoms with Crippen molar-refractivity contribution in [1.29, 1.82) is 0 Å². The number of aliphatic carboxylic acids is 2. The van der Waals surface area contributed by atoms with Gasteiger partial charge in [0.1, 0.15) is 0 Å². The summed E-state index contributed by atoms with van der Waals surface area (Å²) in [5.74, 6) is -1.80. The van der Waals surface area contributed by atoms with E-state index in [-0.39, 0.29) is 12.8 Å². The number of H-pyrrole nitrogens is 4. The molecule has 8 bridgehead atoms. The molecule has 5 rings (SSSR count). The van der Waals surface area contributed by atoms with E-state index in [1.54, 1.807) is 13.8 Å². The summed E-state index contributed by atoms with van der Waals surface area (Å²) in [7, 11) is 0. The maximum Gasteiger partial charge on any atom is 0.303 e. The van der Waals surface area contributed by atoms with Crippen molar-refractivity contribution in [2.75, 3.05) is 0 Å². The third kappa shape index (κ3) is 5.70. The van der Waals surface area contributed by atoms with Crippen LogP contribution >= 0.6 is 0 Å². The molecule has 0 saturated heterocycles. The molecule has 0 aliphatic carbocycles. The number of fused-ring (bicyclic) bond motifs is 8. The van der Waals surface area contributed by atoms with E-state index in [1.807, 2.05) is 52.0 Å². The number of aliphatic hydroxyl groups excluding tert-OH is 2. The standard InChI is InChI=1S/C34H40N4O6/c1-15-21(7-9-31(41)42)27-14-28-22(8-10-32(43)44)16(2)24(36-28)12-29-34(20(6)40)18(4)26(38-29)13-30-33(19(5)39)17(3)25(37-30)11-23(15)35-27/h11-14,19-20,35-40H,7-10H2,1-6H3,(H,41,42)(H,43,44)/b23-11?,24-12-,25-11-,26-13?,27-14?,28-14-,29-12?,30-13-. The van der Waals surface area contributed by atoms with E-state index in [1.165, 1.54) is 0 Å². The molecule has 5 heterocycles. The van der Waals surface area contributed by atoms with E-state index in [0.717, 1.165) is 83.0 Å². The minimum atomic E-state index is -0.899. The molecule has 0 saturated carbocycles. The highest BCUT2D eigenvalue weighted by Crippen LogP contribution is 2.27. The summed E-state index contributed by atoms with van der Waals surface area (Å²) in [5, 5.41) is 43.6. The van der Waals surface area contributed by atoms with Crippen LogP contribution in [0.5, 0.6) is 0 Å². The van der Waals surface area contributed by atoms with Crippen molar-refractivity contribution in [3.8, 4) is 0 Å². The smallest absolute Gasteiger partial charge is 0.303 e. The van der Waals surface area contributed by atoms with Gasteiger partial charge < -0.3 is 40.4 Å². The quantitative estimate of drug-likeness (QED) is 0.135. The van der Waals surface area contributed by atoms with Crippen LogP contribution in [0.2, 0.25) is 0 Å². The average Bonchev–Trinajstić information content (AvgIpc) is 3.59. The van der Waals surface area contributed by atoms with Crippen molar-refractivity contribution in [1.82, 2.24) is 19.9 Å². The van der Waals surface area contributed by atoms with Gasteiger partial charge in [0.2, 0.25) is 0 Å². The third-order valence-corrected chi connectivity index (χ3v) is 8.81. The van der Waals surface area contributed by atoms with Crippen LogP contribution in [0.4, 0.5) is 0 Å². The molecule has 10 heteroatoms. The molecular formula is C34H40N4O6.